The molecule has 1 aliphatic heterocycles. The molecule has 0 radical (unpaired) electrons. The summed E-state index contributed by atoms with van der Waals surface area (Å²) in [5.74, 6) is -0.890. The van der Waals surface area contributed by atoms with Crippen LogP contribution in [0.25, 0.3) is 0 Å². The highest BCUT2D eigenvalue weighted by Gasteiger charge is 2.46. The molecule has 110 valence electrons. The van der Waals surface area contributed by atoms with Gasteiger partial charge in [0.1, 0.15) is 5.60 Å². The standard InChI is InChI=1S/C13H22ClNO4/c1-9(14)13(10(16)17)5-7-15(8-6-13)11(18)19-12(2,3)4/h9H,5-8H2,1-4H3,(H,16,17)/t9-/m1/s1. The summed E-state index contributed by atoms with van der Waals surface area (Å²) in [5.41, 5.74) is -1.49. The van der Waals surface area contributed by atoms with Crippen LogP contribution in [0.4, 0.5) is 4.79 Å². The predicted molar refractivity (Wildman–Crippen MR) is 72.4 cm³/mol. The van der Waals surface area contributed by atoms with Gasteiger partial charge in [0.15, 0.2) is 0 Å². The first-order chi connectivity index (χ1) is 8.58. The zero-order valence-electron chi connectivity index (χ0n) is 11.9. The van der Waals surface area contributed by atoms with Gasteiger partial charge in [-0.3, -0.25) is 4.79 Å². The van der Waals surface area contributed by atoms with Crippen molar-refractivity contribution in [1.29, 1.82) is 0 Å². The number of carboxylic acids is 1. The molecule has 1 rings (SSSR count). The molecule has 0 unspecified atom stereocenters. The molecule has 0 bridgehead atoms. The van der Waals surface area contributed by atoms with Gasteiger partial charge in [0, 0.05) is 18.5 Å². The predicted octanol–water partition coefficient (Wildman–Crippen LogP) is 2.72. The van der Waals surface area contributed by atoms with E-state index in [0.717, 1.165) is 0 Å². The number of likely N-dealkylation sites (tertiary alicyclic amines) is 1. The third-order valence-electron chi connectivity index (χ3n) is 3.49. The van der Waals surface area contributed by atoms with Gasteiger partial charge in [0.25, 0.3) is 0 Å². The van der Waals surface area contributed by atoms with Gasteiger partial charge in [0.2, 0.25) is 0 Å². The van der Waals surface area contributed by atoms with Crippen LogP contribution in [0.3, 0.4) is 0 Å². The molecule has 19 heavy (non-hydrogen) atoms. The van der Waals surface area contributed by atoms with Gasteiger partial charge in [-0.2, -0.15) is 0 Å². The van der Waals surface area contributed by atoms with Crippen molar-refractivity contribution in [1.82, 2.24) is 4.90 Å². The van der Waals surface area contributed by atoms with Crippen LogP contribution in [-0.4, -0.2) is 46.1 Å². The summed E-state index contributed by atoms with van der Waals surface area (Å²) in [7, 11) is 0. The Morgan fingerprint density at radius 1 is 1.32 bits per heavy atom. The van der Waals surface area contributed by atoms with E-state index >= 15 is 0 Å². The van der Waals surface area contributed by atoms with Gasteiger partial charge in [-0.05, 0) is 40.5 Å². The average molecular weight is 292 g/mol. The fraction of sp³-hybridized carbons (Fsp3) is 0.846. The molecule has 0 saturated carbocycles. The van der Waals surface area contributed by atoms with Gasteiger partial charge in [-0.15, -0.1) is 11.6 Å². The molecule has 0 aromatic rings. The molecular weight excluding hydrogens is 270 g/mol. The lowest BCUT2D eigenvalue weighted by Gasteiger charge is -2.40. The van der Waals surface area contributed by atoms with Crippen molar-refractivity contribution >= 4 is 23.7 Å². The number of hydrogen-bond donors (Lipinski definition) is 1. The Morgan fingerprint density at radius 2 is 1.79 bits per heavy atom. The van der Waals surface area contributed by atoms with Gasteiger partial charge >= 0.3 is 12.1 Å². The zero-order valence-corrected chi connectivity index (χ0v) is 12.7. The number of hydrogen-bond acceptors (Lipinski definition) is 3. The molecule has 1 fully saturated rings. The lowest BCUT2D eigenvalue weighted by molar-refractivity contribution is -0.152. The number of alkyl halides is 1. The summed E-state index contributed by atoms with van der Waals surface area (Å²) in [6.07, 6.45) is 0.312. The Morgan fingerprint density at radius 3 is 2.11 bits per heavy atom. The highest BCUT2D eigenvalue weighted by atomic mass is 35.5. The van der Waals surface area contributed by atoms with E-state index in [1.54, 1.807) is 32.6 Å². The van der Waals surface area contributed by atoms with Crippen molar-refractivity contribution in [3.63, 3.8) is 0 Å². The van der Waals surface area contributed by atoms with Crippen LogP contribution >= 0.6 is 11.6 Å². The number of carbonyl (C=O) groups excluding carboxylic acids is 1. The molecule has 1 atom stereocenters. The molecular formula is C13H22ClNO4. The van der Waals surface area contributed by atoms with E-state index in [-0.39, 0.29) is 0 Å². The highest BCUT2D eigenvalue weighted by molar-refractivity contribution is 6.22. The van der Waals surface area contributed by atoms with E-state index in [2.05, 4.69) is 0 Å². The number of ether oxygens (including phenoxy) is 1. The molecule has 0 aliphatic carbocycles. The van der Waals surface area contributed by atoms with Crippen LogP contribution in [-0.2, 0) is 9.53 Å². The lowest BCUT2D eigenvalue weighted by atomic mass is 9.76. The maximum absolute atomic E-state index is 11.9. The Balaban J connectivity index is 2.66. The van der Waals surface area contributed by atoms with Crippen LogP contribution in [0.5, 0.6) is 0 Å². The number of rotatable bonds is 2. The van der Waals surface area contributed by atoms with Gasteiger partial charge in [-0.1, -0.05) is 0 Å². The second-order valence-electron chi connectivity index (χ2n) is 6.04. The minimum atomic E-state index is -0.944. The van der Waals surface area contributed by atoms with Crippen molar-refractivity contribution in [3.05, 3.63) is 0 Å². The van der Waals surface area contributed by atoms with Crippen LogP contribution in [0.2, 0.25) is 0 Å². The van der Waals surface area contributed by atoms with E-state index in [1.807, 2.05) is 0 Å². The number of halogens is 1. The number of piperidine rings is 1. The Bertz CT molecular complexity index is 354. The first kappa shape index (κ1) is 16.1. The number of carbonyl (C=O) groups is 2. The first-order valence-electron chi connectivity index (χ1n) is 6.44. The third-order valence-corrected chi connectivity index (χ3v) is 3.91. The van der Waals surface area contributed by atoms with Crippen molar-refractivity contribution in [3.8, 4) is 0 Å². The monoisotopic (exact) mass is 291 g/mol. The second kappa shape index (κ2) is 5.57. The molecule has 1 amide bonds. The fourth-order valence-corrected chi connectivity index (χ4v) is 2.51. The van der Waals surface area contributed by atoms with Crippen LogP contribution in [0, 0.1) is 5.41 Å². The summed E-state index contributed by atoms with van der Waals surface area (Å²) in [4.78, 5) is 24.8. The molecule has 6 heteroatoms. The summed E-state index contributed by atoms with van der Waals surface area (Å²) in [6.45, 7) is 7.82. The second-order valence-corrected chi connectivity index (χ2v) is 6.70. The Kier molecular flexibility index (Phi) is 4.72. The van der Waals surface area contributed by atoms with Gasteiger partial charge in [0.05, 0.1) is 5.41 Å². The summed E-state index contributed by atoms with van der Waals surface area (Å²) < 4.78 is 5.27. The molecule has 1 N–H and O–H groups in total. The number of nitrogens with zero attached hydrogens (tertiary/aromatic N) is 1. The molecule has 0 aromatic carbocycles. The van der Waals surface area contributed by atoms with E-state index in [1.165, 1.54) is 0 Å². The van der Waals surface area contributed by atoms with E-state index in [9.17, 15) is 14.7 Å². The average Bonchev–Trinajstić information content (AvgIpc) is 2.26. The molecule has 1 aliphatic rings. The lowest BCUT2D eigenvalue weighted by Crippen LogP contribution is -2.50. The SMILES string of the molecule is C[C@@H](Cl)C1(C(=O)O)CCN(C(=O)OC(C)(C)C)CC1. The van der Waals surface area contributed by atoms with Crippen LogP contribution < -0.4 is 0 Å². The number of aliphatic carboxylic acids is 1. The summed E-state index contributed by atoms with van der Waals surface area (Å²) in [5, 5.41) is 8.88. The van der Waals surface area contributed by atoms with Crippen molar-refractivity contribution in [2.24, 2.45) is 5.41 Å². The third kappa shape index (κ3) is 3.75. The van der Waals surface area contributed by atoms with Crippen LogP contribution in [0.15, 0.2) is 0 Å². The molecule has 1 heterocycles. The quantitative estimate of drug-likeness (QED) is 0.794. The van der Waals surface area contributed by atoms with Crippen LogP contribution in [0.1, 0.15) is 40.5 Å². The maximum atomic E-state index is 11.9. The van der Waals surface area contributed by atoms with Gasteiger partial charge in [-0.25, -0.2) is 4.79 Å². The van der Waals surface area contributed by atoms with E-state index in [0.29, 0.717) is 25.9 Å². The largest absolute Gasteiger partial charge is 0.481 e. The topological polar surface area (TPSA) is 66.8 Å². The maximum Gasteiger partial charge on any atom is 0.410 e. The van der Waals surface area contributed by atoms with E-state index in [4.69, 9.17) is 16.3 Å². The minimum Gasteiger partial charge on any atom is -0.481 e. The Labute approximate surface area is 118 Å². The van der Waals surface area contributed by atoms with Crippen molar-refractivity contribution < 1.29 is 19.4 Å². The van der Waals surface area contributed by atoms with Crippen molar-refractivity contribution in [2.75, 3.05) is 13.1 Å². The Hall–Kier alpha value is -0.970. The molecule has 0 aromatic heterocycles. The van der Waals surface area contributed by atoms with Gasteiger partial charge < -0.3 is 14.7 Å². The first-order valence-corrected chi connectivity index (χ1v) is 6.87. The fourth-order valence-electron chi connectivity index (χ4n) is 2.20. The number of amides is 1. The molecule has 0 spiro atoms. The molecule has 5 nitrogen and oxygen atoms in total. The van der Waals surface area contributed by atoms with E-state index < -0.39 is 28.5 Å². The highest BCUT2D eigenvalue weighted by Crippen LogP contribution is 2.38. The van der Waals surface area contributed by atoms with Crippen molar-refractivity contribution in [2.45, 2.75) is 51.5 Å². The minimum absolute atomic E-state index is 0.353. The molecule has 1 saturated heterocycles. The normalized spacial score (nSPS) is 20.8. The smallest absolute Gasteiger partial charge is 0.410 e. The summed E-state index contributed by atoms with van der Waals surface area (Å²) in [6, 6.07) is 0. The number of carboxylic acid groups (broad SMARTS) is 1. The zero-order chi connectivity index (χ0) is 14.8. The summed E-state index contributed by atoms with van der Waals surface area (Å²) >= 11 is 6.03.